The Kier molecular flexibility index (Phi) is 7.21. The fraction of sp³-hybridized carbons (Fsp3) is 0.185. The molecule has 8 nitrogen and oxygen atoms in total. The van der Waals surface area contributed by atoms with Crippen molar-refractivity contribution in [1.82, 2.24) is 5.32 Å². The number of amides is 2. The summed E-state index contributed by atoms with van der Waals surface area (Å²) in [6.07, 6.45) is 1.61. The van der Waals surface area contributed by atoms with Gasteiger partial charge in [-0.2, -0.15) is 0 Å². The first-order valence-corrected chi connectivity index (χ1v) is 11.1. The van der Waals surface area contributed by atoms with E-state index in [9.17, 15) is 9.59 Å². The summed E-state index contributed by atoms with van der Waals surface area (Å²) >= 11 is 0. The minimum absolute atomic E-state index is 0.129. The highest BCUT2D eigenvalue weighted by Crippen LogP contribution is 2.33. The van der Waals surface area contributed by atoms with Crippen LogP contribution in [0.5, 0.6) is 23.0 Å². The largest absolute Gasteiger partial charge is 0.496 e. The van der Waals surface area contributed by atoms with Gasteiger partial charge >= 0.3 is 0 Å². The van der Waals surface area contributed by atoms with Gasteiger partial charge in [-0.1, -0.05) is 24.3 Å². The van der Waals surface area contributed by atoms with Crippen LogP contribution in [0.25, 0.3) is 6.08 Å². The highest BCUT2D eigenvalue weighted by molar-refractivity contribution is 6.09. The van der Waals surface area contributed by atoms with Crippen LogP contribution in [0.4, 0.5) is 5.69 Å². The van der Waals surface area contributed by atoms with Crippen LogP contribution in [-0.2, 0) is 11.3 Å². The van der Waals surface area contributed by atoms with E-state index in [0.29, 0.717) is 53.0 Å². The Balaban J connectivity index is 1.46. The molecule has 0 fully saturated rings. The molecule has 180 valence electrons. The Labute approximate surface area is 203 Å². The van der Waals surface area contributed by atoms with E-state index in [0.717, 1.165) is 5.56 Å². The van der Waals surface area contributed by atoms with Crippen LogP contribution < -0.4 is 29.6 Å². The van der Waals surface area contributed by atoms with Gasteiger partial charge in [0.25, 0.3) is 11.8 Å². The molecule has 1 heterocycles. The molecule has 0 saturated heterocycles. The number of anilines is 1. The van der Waals surface area contributed by atoms with Gasteiger partial charge in [0.1, 0.15) is 5.75 Å². The molecule has 0 bridgehead atoms. The van der Waals surface area contributed by atoms with E-state index in [-0.39, 0.29) is 11.7 Å². The molecule has 0 spiro atoms. The fourth-order valence-corrected chi connectivity index (χ4v) is 3.61. The average molecular weight is 475 g/mol. The fourth-order valence-electron chi connectivity index (χ4n) is 3.61. The first kappa shape index (κ1) is 23.7. The SMILES string of the molecule is CCOc1cc(CNC(=O)c2ccc3c(c2)NC(=O)C(=Cc2ccccc2OC)O3)ccc1OC. The molecule has 2 amide bonds. The van der Waals surface area contributed by atoms with Crippen molar-refractivity contribution in [3.8, 4) is 23.0 Å². The number of nitrogens with one attached hydrogen (secondary N) is 2. The maximum atomic E-state index is 12.7. The average Bonchev–Trinajstić information content (AvgIpc) is 2.88. The third kappa shape index (κ3) is 5.38. The number of methoxy groups -OCH3 is 2. The lowest BCUT2D eigenvalue weighted by Crippen LogP contribution is -2.25. The molecule has 4 rings (SSSR count). The zero-order chi connectivity index (χ0) is 24.8. The number of rotatable bonds is 8. The molecule has 0 radical (unpaired) electrons. The van der Waals surface area contributed by atoms with E-state index in [1.54, 1.807) is 50.6 Å². The summed E-state index contributed by atoms with van der Waals surface area (Å²) in [5.41, 5.74) is 2.39. The summed E-state index contributed by atoms with van der Waals surface area (Å²) in [5, 5.41) is 5.67. The molecule has 0 atom stereocenters. The van der Waals surface area contributed by atoms with Gasteiger partial charge in [0.15, 0.2) is 23.0 Å². The van der Waals surface area contributed by atoms with Crippen LogP contribution >= 0.6 is 0 Å². The van der Waals surface area contributed by atoms with Crippen molar-refractivity contribution < 1.29 is 28.5 Å². The number of para-hydroxylation sites is 1. The summed E-state index contributed by atoms with van der Waals surface area (Å²) in [6.45, 7) is 2.70. The molecular weight excluding hydrogens is 448 g/mol. The molecule has 1 aliphatic rings. The molecule has 3 aromatic carbocycles. The number of hydrogen-bond acceptors (Lipinski definition) is 6. The Morgan fingerprint density at radius 1 is 1.00 bits per heavy atom. The van der Waals surface area contributed by atoms with Gasteiger partial charge in [-0.15, -0.1) is 0 Å². The van der Waals surface area contributed by atoms with E-state index >= 15 is 0 Å². The topological polar surface area (TPSA) is 95.1 Å². The Hall–Kier alpha value is -4.46. The van der Waals surface area contributed by atoms with Crippen molar-refractivity contribution in [3.63, 3.8) is 0 Å². The highest BCUT2D eigenvalue weighted by Gasteiger charge is 2.23. The third-order valence-corrected chi connectivity index (χ3v) is 5.34. The quantitative estimate of drug-likeness (QED) is 0.470. The van der Waals surface area contributed by atoms with E-state index < -0.39 is 5.91 Å². The number of carbonyl (C=O) groups is 2. The molecule has 0 saturated carbocycles. The number of benzene rings is 3. The van der Waals surface area contributed by atoms with Gasteiger partial charge in [-0.25, -0.2) is 0 Å². The van der Waals surface area contributed by atoms with Crippen LogP contribution in [0, 0.1) is 0 Å². The molecule has 3 aromatic rings. The van der Waals surface area contributed by atoms with E-state index in [4.69, 9.17) is 18.9 Å². The molecule has 1 aliphatic heterocycles. The van der Waals surface area contributed by atoms with Crippen molar-refractivity contribution >= 4 is 23.6 Å². The van der Waals surface area contributed by atoms with Gasteiger partial charge in [0.2, 0.25) is 0 Å². The molecule has 35 heavy (non-hydrogen) atoms. The van der Waals surface area contributed by atoms with Crippen LogP contribution in [0.15, 0.2) is 66.4 Å². The van der Waals surface area contributed by atoms with Gasteiger partial charge in [0, 0.05) is 17.7 Å². The van der Waals surface area contributed by atoms with Crippen LogP contribution in [0.2, 0.25) is 0 Å². The zero-order valence-electron chi connectivity index (χ0n) is 19.7. The van der Waals surface area contributed by atoms with Crippen molar-refractivity contribution in [2.24, 2.45) is 0 Å². The number of hydrogen-bond donors (Lipinski definition) is 2. The second kappa shape index (κ2) is 10.6. The Morgan fingerprint density at radius 2 is 1.80 bits per heavy atom. The lowest BCUT2D eigenvalue weighted by molar-refractivity contribution is -0.115. The lowest BCUT2D eigenvalue weighted by atomic mass is 10.1. The minimum atomic E-state index is -0.414. The second-order valence-electron chi connectivity index (χ2n) is 7.62. The normalized spacial score (nSPS) is 13.3. The summed E-state index contributed by atoms with van der Waals surface area (Å²) in [4.78, 5) is 25.4. The minimum Gasteiger partial charge on any atom is -0.496 e. The van der Waals surface area contributed by atoms with Gasteiger partial charge < -0.3 is 29.6 Å². The summed E-state index contributed by atoms with van der Waals surface area (Å²) in [5.74, 6) is 1.75. The number of carbonyl (C=O) groups excluding carboxylic acids is 2. The number of fused-ring (bicyclic) bond motifs is 1. The highest BCUT2D eigenvalue weighted by atomic mass is 16.5. The van der Waals surface area contributed by atoms with Crippen LogP contribution in [-0.4, -0.2) is 32.6 Å². The van der Waals surface area contributed by atoms with Gasteiger partial charge in [-0.05, 0) is 55.0 Å². The molecule has 0 aliphatic carbocycles. The third-order valence-electron chi connectivity index (χ3n) is 5.34. The first-order valence-electron chi connectivity index (χ1n) is 11.1. The predicted octanol–water partition coefficient (Wildman–Crippen LogP) is 4.40. The lowest BCUT2D eigenvalue weighted by Gasteiger charge is -2.21. The Bertz CT molecular complexity index is 1280. The van der Waals surface area contributed by atoms with Crippen LogP contribution in [0.3, 0.4) is 0 Å². The predicted molar refractivity (Wildman–Crippen MR) is 132 cm³/mol. The van der Waals surface area contributed by atoms with Crippen molar-refractivity contribution in [3.05, 3.63) is 83.1 Å². The maximum Gasteiger partial charge on any atom is 0.291 e. The van der Waals surface area contributed by atoms with Gasteiger partial charge in [0.05, 0.1) is 26.5 Å². The molecule has 0 aromatic heterocycles. The number of ether oxygens (including phenoxy) is 4. The van der Waals surface area contributed by atoms with E-state index in [1.807, 2.05) is 37.3 Å². The molecular formula is C27H26N2O6. The first-order chi connectivity index (χ1) is 17.0. The monoisotopic (exact) mass is 474 g/mol. The summed E-state index contributed by atoms with van der Waals surface area (Å²) < 4.78 is 22.0. The second-order valence-corrected chi connectivity index (χ2v) is 7.62. The summed E-state index contributed by atoms with van der Waals surface area (Å²) in [6, 6.07) is 17.7. The zero-order valence-corrected chi connectivity index (χ0v) is 19.7. The standard InChI is InChI=1S/C27H26N2O6/c1-4-34-24-13-17(9-11-23(24)33-3)16-28-26(30)19-10-12-22-20(14-19)29-27(31)25(35-22)15-18-7-5-6-8-21(18)32-2/h5-15H,4,16H2,1-3H3,(H,28,30)(H,29,31). The van der Waals surface area contributed by atoms with E-state index in [1.165, 1.54) is 0 Å². The van der Waals surface area contributed by atoms with Crippen molar-refractivity contribution in [2.45, 2.75) is 13.5 Å². The van der Waals surface area contributed by atoms with Crippen molar-refractivity contribution in [1.29, 1.82) is 0 Å². The molecule has 2 N–H and O–H groups in total. The maximum absolute atomic E-state index is 12.7. The van der Waals surface area contributed by atoms with Gasteiger partial charge in [-0.3, -0.25) is 9.59 Å². The smallest absolute Gasteiger partial charge is 0.291 e. The molecule has 0 unspecified atom stereocenters. The van der Waals surface area contributed by atoms with Crippen molar-refractivity contribution in [2.75, 3.05) is 26.1 Å². The van der Waals surface area contributed by atoms with E-state index in [2.05, 4.69) is 10.6 Å². The van der Waals surface area contributed by atoms with Crippen LogP contribution in [0.1, 0.15) is 28.4 Å². The summed E-state index contributed by atoms with van der Waals surface area (Å²) in [7, 11) is 3.14. The Morgan fingerprint density at radius 3 is 2.57 bits per heavy atom. The molecule has 8 heteroatoms.